The second-order valence-corrected chi connectivity index (χ2v) is 10.8. The van der Waals surface area contributed by atoms with Gasteiger partial charge in [-0.2, -0.15) is 0 Å². The summed E-state index contributed by atoms with van der Waals surface area (Å²) in [4.78, 5) is 27.4. The van der Waals surface area contributed by atoms with Gasteiger partial charge in [0.2, 0.25) is 21.8 Å². The number of hydrogen-bond acceptors (Lipinski definition) is 4. The molecule has 2 amide bonds. The minimum Gasteiger partial charge on any atom is -0.352 e. The molecule has 0 aromatic heterocycles. The standard InChI is InChI=1S/C26H36FN3O4S/c1-6-20(3)28-26(32)21(4)29(18-22-12-7-8-14-24(22)27)25(31)15-10-16-30(35(5,33)34)23-13-9-11-19(2)17-23/h7-9,11-14,17,20-21H,6,10,15-16,18H2,1-5H3,(H,28,32)/t20-,21+/m0/s1. The predicted octanol–water partition coefficient (Wildman–Crippen LogP) is 4.01. The largest absolute Gasteiger partial charge is 0.352 e. The average Bonchev–Trinajstić information content (AvgIpc) is 2.79. The molecule has 2 rings (SSSR count). The summed E-state index contributed by atoms with van der Waals surface area (Å²) in [6.45, 7) is 7.35. The molecule has 0 aliphatic rings. The van der Waals surface area contributed by atoms with Gasteiger partial charge < -0.3 is 10.2 Å². The Kier molecular flexibility index (Phi) is 10.2. The second-order valence-electron chi connectivity index (χ2n) is 8.88. The van der Waals surface area contributed by atoms with Crippen molar-refractivity contribution in [1.82, 2.24) is 10.2 Å². The van der Waals surface area contributed by atoms with E-state index in [2.05, 4.69) is 5.32 Å². The number of amides is 2. The van der Waals surface area contributed by atoms with Gasteiger partial charge in [-0.05, 0) is 57.4 Å². The van der Waals surface area contributed by atoms with Crippen LogP contribution in [-0.4, -0.2) is 50.0 Å². The van der Waals surface area contributed by atoms with Crippen molar-refractivity contribution in [3.63, 3.8) is 0 Å². The number of hydrogen-bond donors (Lipinski definition) is 1. The molecule has 0 aliphatic carbocycles. The molecule has 35 heavy (non-hydrogen) atoms. The molecule has 2 aromatic rings. The van der Waals surface area contributed by atoms with Crippen molar-refractivity contribution in [2.45, 2.75) is 65.6 Å². The van der Waals surface area contributed by atoms with Gasteiger partial charge >= 0.3 is 0 Å². The van der Waals surface area contributed by atoms with Crippen molar-refractivity contribution in [3.8, 4) is 0 Å². The van der Waals surface area contributed by atoms with Crippen LogP contribution in [0.1, 0.15) is 51.2 Å². The minimum atomic E-state index is -3.56. The lowest BCUT2D eigenvalue weighted by Crippen LogP contribution is -2.49. The average molecular weight is 506 g/mol. The van der Waals surface area contributed by atoms with Crippen LogP contribution in [0.5, 0.6) is 0 Å². The maximum Gasteiger partial charge on any atom is 0.242 e. The van der Waals surface area contributed by atoms with Crippen LogP contribution in [0.2, 0.25) is 0 Å². The van der Waals surface area contributed by atoms with Crippen molar-refractivity contribution < 1.29 is 22.4 Å². The number of benzene rings is 2. The molecule has 0 heterocycles. The molecule has 0 unspecified atom stereocenters. The molecule has 0 aliphatic heterocycles. The lowest BCUT2D eigenvalue weighted by atomic mass is 10.1. The van der Waals surface area contributed by atoms with Crippen LogP contribution in [0.3, 0.4) is 0 Å². The van der Waals surface area contributed by atoms with Gasteiger partial charge in [0.1, 0.15) is 11.9 Å². The van der Waals surface area contributed by atoms with Crippen LogP contribution in [-0.2, 0) is 26.2 Å². The van der Waals surface area contributed by atoms with E-state index in [1.807, 2.05) is 26.8 Å². The molecule has 2 aromatic carbocycles. The number of rotatable bonds is 12. The first-order chi connectivity index (χ1) is 16.4. The Morgan fingerprint density at radius 3 is 2.37 bits per heavy atom. The lowest BCUT2D eigenvalue weighted by Gasteiger charge is -2.30. The lowest BCUT2D eigenvalue weighted by molar-refractivity contribution is -0.141. The number of carbonyl (C=O) groups excluding carboxylic acids is 2. The van der Waals surface area contributed by atoms with Gasteiger partial charge in [-0.1, -0.05) is 37.3 Å². The molecular formula is C26H36FN3O4S. The number of carbonyl (C=O) groups is 2. The van der Waals surface area contributed by atoms with E-state index < -0.39 is 21.9 Å². The summed E-state index contributed by atoms with van der Waals surface area (Å²) >= 11 is 0. The molecule has 0 radical (unpaired) electrons. The summed E-state index contributed by atoms with van der Waals surface area (Å²) in [6.07, 6.45) is 2.11. The molecule has 0 bridgehead atoms. The summed E-state index contributed by atoms with van der Waals surface area (Å²) in [5.41, 5.74) is 1.76. The van der Waals surface area contributed by atoms with Gasteiger partial charge in [-0.3, -0.25) is 13.9 Å². The fourth-order valence-electron chi connectivity index (χ4n) is 3.65. The van der Waals surface area contributed by atoms with Gasteiger partial charge in [0, 0.05) is 31.1 Å². The number of sulfonamides is 1. The Hall–Kier alpha value is -2.94. The fourth-order valence-corrected chi connectivity index (χ4v) is 4.60. The molecule has 0 saturated carbocycles. The first-order valence-electron chi connectivity index (χ1n) is 11.8. The van der Waals surface area contributed by atoms with Crippen LogP contribution in [0, 0.1) is 12.7 Å². The van der Waals surface area contributed by atoms with Gasteiger partial charge in [0.15, 0.2) is 0 Å². The zero-order valence-electron chi connectivity index (χ0n) is 21.1. The monoisotopic (exact) mass is 505 g/mol. The molecule has 192 valence electrons. The zero-order valence-corrected chi connectivity index (χ0v) is 21.9. The summed E-state index contributed by atoms with van der Waals surface area (Å²) in [5, 5.41) is 2.87. The Morgan fingerprint density at radius 2 is 1.77 bits per heavy atom. The molecule has 0 fully saturated rings. The highest BCUT2D eigenvalue weighted by Crippen LogP contribution is 2.20. The molecule has 1 N–H and O–H groups in total. The first kappa shape index (κ1) is 28.3. The Morgan fingerprint density at radius 1 is 1.09 bits per heavy atom. The van der Waals surface area contributed by atoms with E-state index in [1.165, 1.54) is 15.3 Å². The highest BCUT2D eigenvalue weighted by Gasteiger charge is 2.28. The van der Waals surface area contributed by atoms with Gasteiger partial charge in [0.05, 0.1) is 11.9 Å². The molecule has 7 nitrogen and oxygen atoms in total. The number of nitrogens with zero attached hydrogens (tertiary/aromatic N) is 2. The highest BCUT2D eigenvalue weighted by atomic mass is 32.2. The van der Waals surface area contributed by atoms with E-state index in [1.54, 1.807) is 43.3 Å². The van der Waals surface area contributed by atoms with E-state index in [4.69, 9.17) is 0 Å². The molecular weight excluding hydrogens is 469 g/mol. The SMILES string of the molecule is CC[C@H](C)NC(=O)[C@@H](C)N(Cc1ccccc1F)C(=O)CCCN(c1cccc(C)c1)S(C)(=O)=O. The van der Waals surface area contributed by atoms with Gasteiger partial charge in [0.25, 0.3) is 0 Å². The van der Waals surface area contributed by atoms with E-state index in [0.29, 0.717) is 11.3 Å². The third-order valence-corrected chi connectivity index (χ3v) is 7.10. The first-order valence-corrected chi connectivity index (χ1v) is 13.7. The smallest absolute Gasteiger partial charge is 0.242 e. The van der Waals surface area contributed by atoms with E-state index >= 15 is 0 Å². The molecule has 0 spiro atoms. The fraction of sp³-hybridized carbons (Fsp3) is 0.462. The number of anilines is 1. The molecule has 0 saturated heterocycles. The van der Waals surface area contributed by atoms with E-state index in [0.717, 1.165) is 18.2 Å². The summed E-state index contributed by atoms with van der Waals surface area (Å²) < 4.78 is 40.4. The number of halogens is 1. The number of aryl methyl sites for hydroxylation is 1. The van der Waals surface area contributed by atoms with Crippen molar-refractivity contribution in [2.24, 2.45) is 0 Å². The Balaban J connectivity index is 2.19. The van der Waals surface area contributed by atoms with Gasteiger partial charge in [-0.25, -0.2) is 12.8 Å². The van der Waals surface area contributed by atoms with E-state index in [9.17, 15) is 22.4 Å². The van der Waals surface area contributed by atoms with Crippen molar-refractivity contribution in [1.29, 1.82) is 0 Å². The second kappa shape index (κ2) is 12.7. The van der Waals surface area contributed by atoms with Crippen LogP contribution in [0.25, 0.3) is 0 Å². The maximum absolute atomic E-state index is 14.3. The van der Waals surface area contributed by atoms with Crippen LogP contribution in [0.15, 0.2) is 48.5 Å². The minimum absolute atomic E-state index is 0.00718. The summed E-state index contributed by atoms with van der Waals surface area (Å²) in [5.74, 6) is -1.12. The van der Waals surface area contributed by atoms with Crippen LogP contribution in [0.4, 0.5) is 10.1 Å². The Labute approximate surface area is 208 Å². The summed E-state index contributed by atoms with van der Waals surface area (Å²) in [6, 6.07) is 12.4. The van der Waals surface area contributed by atoms with Crippen LogP contribution < -0.4 is 9.62 Å². The predicted molar refractivity (Wildman–Crippen MR) is 137 cm³/mol. The van der Waals surface area contributed by atoms with Gasteiger partial charge in [-0.15, -0.1) is 0 Å². The van der Waals surface area contributed by atoms with Crippen molar-refractivity contribution in [2.75, 3.05) is 17.1 Å². The van der Waals surface area contributed by atoms with E-state index in [-0.39, 0.29) is 43.8 Å². The molecule has 9 heteroatoms. The topological polar surface area (TPSA) is 86.8 Å². The van der Waals surface area contributed by atoms with Crippen LogP contribution >= 0.6 is 0 Å². The highest BCUT2D eigenvalue weighted by molar-refractivity contribution is 7.92. The third-order valence-electron chi connectivity index (χ3n) is 5.91. The molecule has 2 atom stereocenters. The Bertz CT molecular complexity index is 1120. The quantitative estimate of drug-likeness (QED) is 0.472. The van der Waals surface area contributed by atoms with Crippen molar-refractivity contribution in [3.05, 3.63) is 65.5 Å². The number of nitrogens with one attached hydrogen (secondary N) is 1. The normalized spacial score (nSPS) is 13.1. The third kappa shape index (κ3) is 8.35. The maximum atomic E-state index is 14.3. The zero-order chi connectivity index (χ0) is 26.2. The van der Waals surface area contributed by atoms with Crippen molar-refractivity contribution >= 4 is 27.5 Å². The summed E-state index contributed by atoms with van der Waals surface area (Å²) in [7, 11) is -3.56.